The molecule has 1 fully saturated rings. The summed E-state index contributed by atoms with van der Waals surface area (Å²) in [7, 11) is 1.82. The molecule has 28 heavy (non-hydrogen) atoms. The average molecular weight is 403 g/mol. The Morgan fingerprint density at radius 1 is 1.29 bits per heavy atom. The van der Waals surface area contributed by atoms with Crippen molar-refractivity contribution in [2.24, 2.45) is 0 Å². The number of morpholine rings is 1. The molecule has 0 saturated carbocycles. The third kappa shape index (κ3) is 5.47. The lowest BCUT2D eigenvalue weighted by molar-refractivity contribution is -0.144. The van der Waals surface area contributed by atoms with Gasteiger partial charge >= 0.3 is 0 Å². The number of halogens is 1. The van der Waals surface area contributed by atoms with Crippen molar-refractivity contribution in [3.63, 3.8) is 0 Å². The van der Waals surface area contributed by atoms with E-state index in [1.807, 2.05) is 62.5 Å². The summed E-state index contributed by atoms with van der Waals surface area (Å²) in [6, 6.07) is 15.5. The van der Waals surface area contributed by atoms with Gasteiger partial charge in [0.1, 0.15) is 18.0 Å². The fourth-order valence-electron chi connectivity index (χ4n) is 3.24. The van der Waals surface area contributed by atoms with Crippen LogP contribution >= 0.6 is 11.6 Å². The van der Waals surface area contributed by atoms with Crippen molar-refractivity contribution in [3.05, 3.63) is 64.7 Å². The molecule has 0 unspecified atom stereocenters. The van der Waals surface area contributed by atoms with Gasteiger partial charge in [-0.15, -0.1) is 0 Å². The van der Waals surface area contributed by atoms with Crippen LogP contribution in [0, 0.1) is 6.92 Å². The zero-order valence-electron chi connectivity index (χ0n) is 16.4. The number of benzene rings is 2. The van der Waals surface area contributed by atoms with Crippen LogP contribution in [0.2, 0.25) is 5.02 Å². The molecule has 0 aromatic heterocycles. The molecule has 1 aliphatic rings. The monoisotopic (exact) mass is 402 g/mol. The molecule has 3 rings (SSSR count). The van der Waals surface area contributed by atoms with Gasteiger partial charge in [0, 0.05) is 31.7 Å². The maximum absolute atomic E-state index is 12.9. The van der Waals surface area contributed by atoms with Gasteiger partial charge in [0.15, 0.2) is 0 Å². The van der Waals surface area contributed by atoms with Gasteiger partial charge in [-0.2, -0.15) is 0 Å². The van der Waals surface area contributed by atoms with E-state index < -0.39 is 5.60 Å². The molecule has 1 amide bonds. The summed E-state index contributed by atoms with van der Waals surface area (Å²) in [5.41, 5.74) is 1.37. The van der Waals surface area contributed by atoms with Gasteiger partial charge in [-0.1, -0.05) is 41.9 Å². The minimum atomic E-state index is -0.687. The van der Waals surface area contributed by atoms with Crippen LogP contribution in [-0.4, -0.2) is 49.8 Å². The molecule has 1 saturated heterocycles. The number of nitrogens with one attached hydrogen (secondary N) is 1. The first-order chi connectivity index (χ1) is 13.5. The molecule has 2 aromatic carbocycles. The first-order valence-electron chi connectivity index (χ1n) is 9.49. The van der Waals surface area contributed by atoms with Crippen molar-refractivity contribution in [1.82, 2.24) is 10.2 Å². The molecule has 0 aliphatic carbocycles. The first-order valence-corrected chi connectivity index (χ1v) is 9.87. The molecule has 1 heterocycles. The van der Waals surface area contributed by atoms with E-state index in [4.69, 9.17) is 21.1 Å². The van der Waals surface area contributed by atoms with E-state index in [0.717, 1.165) is 23.4 Å². The molecular formula is C22H27ClN2O3. The van der Waals surface area contributed by atoms with Gasteiger partial charge in [0.2, 0.25) is 5.91 Å². The Labute approximate surface area is 171 Å². The van der Waals surface area contributed by atoms with Gasteiger partial charge in [-0.25, -0.2) is 0 Å². The van der Waals surface area contributed by atoms with E-state index in [1.54, 1.807) is 4.90 Å². The summed E-state index contributed by atoms with van der Waals surface area (Å²) >= 11 is 6.09. The minimum absolute atomic E-state index is 0.0310. The highest BCUT2D eigenvalue weighted by molar-refractivity contribution is 6.31. The fraction of sp³-hybridized carbons (Fsp3) is 0.409. The maximum Gasteiger partial charge on any atom is 0.225 e. The number of carbonyl (C=O) groups is 1. The topological polar surface area (TPSA) is 50.8 Å². The molecule has 5 nitrogen and oxygen atoms in total. The van der Waals surface area contributed by atoms with E-state index >= 15 is 0 Å². The molecule has 0 bridgehead atoms. The van der Waals surface area contributed by atoms with Crippen molar-refractivity contribution in [2.45, 2.75) is 25.5 Å². The van der Waals surface area contributed by atoms with Crippen LogP contribution in [0.3, 0.4) is 0 Å². The van der Waals surface area contributed by atoms with Crippen LogP contribution < -0.4 is 10.1 Å². The van der Waals surface area contributed by atoms with Crippen molar-refractivity contribution >= 4 is 17.5 Å². The predicted molar refractivity (Wildman–Crippen MR) is 111 cm³/mol. The SMILES string of the molecule is Cc1cc(OC[C@@]2(CC(=O)N(C)Cc3ccccc3)CNCCO2)ccc1Cl. The number of nitrogens with zero attached hydrogens (tertiary/aromatic N) is 1. The zero-order valence-corrected chi connectivity index (χ0v) is 17.2. The molecule has 1 aliphatic heterocycles. The highest BCUT2D eigenvalue weighted by atomic mass is 35.5. The number of amides is 1. The van der Waals surface area contributed by atoms with Gasteiger partial charge in [0.05, 0.1) is 13.0 Å². The van der Waals surface area contributed by atoms with Gasteiger partial charge in [-0.05, 0) is 36.2 Å². The minimum Gasteiger partial charge on any atom is -0.491 e. The van der Waals surface area contributed by atoms with Crippen molar-refractivity contribution in [3.8, 4) is 5.75 Å². The van der Waals surface area contributed by atoms with E-state index in [0.29, 0.717) is 31.3 Å². The van der Waals surface area contributed by atoms with Crippen LogP contribution in [0.25, 0.3) is 0 Å². The van der Waals surface area contributed by atoms with Crippen LogP contribution in [0.4, 0.5) is 0 Å². The Kier molecular flexibility index (Phi) is 6.94. The Morgan fingerprint density at radius 3 is 2.75 bits per heavy atom. The van der Waals surface area contributed by atoms with Gasteiger partial charge < -0.3 is 19.7 Å². The Morgan fingerprint density at radius 2 is 2.07 bits per heavy atom. The number of carbonyl (C=O) groups excluding carboxylic acids is 1. The number of aryl methyl sites for hydroxylation is 1. The zero-order chi connectivity index (χ0) is 20.0. The standard InChI is InChI=1S/C22H27ClN2O3/c1-17-12-19(8-9-20(17)23)27-16-22(15-24-10-11-28-22)13-21(26)25(2)14-18-6-4-3-5-7-18/h3-9,12,24H,10-11,13-16H2,1-2H3/t22-/m1/s1. The second-order valence-electron chi connectivity index (χ2n) is 7.32. The summed E-state index contributed by atoms with van der Waals surface area (Å²) in [6.45, 7) is 4.71. The van der Waals surface area contributed by atoms with Crippen LogP contribution in [-0.2, 0) is 16.1 Å². The van der Waals surface area contributed by atoms with Crippen LogP contribution in [0.5, 0.6) is 5.75 Å². The fourth-order valence-corrected chi connectivity index (χ4v) is 3.36. The summed E-state index contributed by atoms with van der Waals surface area (Å²) < 4.78 is 12.0. The van der Waals surface area contributed by atoms with Crippen LogP contribution in [0.15, 0.2) is 48.5 Å². The molecule has 0 spiro atoms. The lowest BCUT2D eigenvalue weighted by atomic mass is 9.98. The number of ether oxygens (including phenoxy) is 2. The third-order valence-electron chi connectivity index (χ3n) is 4.93. The summed E-state index contributed by atoms with van der Waals surface area (Å²) in [5.74, 6) is 0.754. The Hall–Kier alpha value is -2.08. The molecule has 6 heteroatoms. The highest BCUT2D eigenvalue weighted by Gasteiger charge is 2.37. The summed E-state index contributed by atoms with van der Waals surface area (Å²) in [4.78, 5) is 14.6. The molecular weight excluding hydrogens is 376 g/mol. The van der Waals surface area contributed by atoms with Gasteiger partial charge in [-0.3, -0.25) is 4.79 Å². The van der Waals surface area contributed by atoms with E-state index in [2.05, 4.69) is 5.32 Å². The lowest BCUT2D eigenvalue weighted by Crippen LogP contribution is -2.55. The van der Waals surface area contributed by atoms with Crippen molar-refractivity contribution in [2.75, 3.05) is 33.4 Å². The molecule has 1 atom stereocenters. The van der Waals surface area contributed by atoms with E-state index in [1.165, 1.54) is 0 Å². The van der Waals surface area contributed by atoms with E-state index in [9.17, 15) is 4.79 Å². The second-order valence-corrected chi connectivity index (χ2v) is 7.73. The highest BCUT2D eigenvalue weighted by Crippen LogP contribution is 2.25. The third-order valence-corrected chi connectivity index (χ3v) is 5.35. The van der Waals surface area contributed by atoms with Gasteiger partial charge in [0.25, 0.3) is 0 Å². The summed E-state index contributed by atoms with van der Waals surface area (Å²) in [6.07, 6.45) is 0.260. The summed E-state index contributed by atoms with van der Waals surface area (Å²) in [5, 5.41) is 4.03. The van der Waals surface area contributed by atoms with Crippen molar-refractivity contribution < 1.29 is 14.3 Å². The average Bonchev–Trinajstić information content (AvgIpc) is 2.70. The van der Waals surface area contributed by atoms with Crippen molar-refractivity contribution in [1.29, 1.82) is 0 Å². The molecule has 150 valence electrons. The Bertz CT molecular complexity index is 792. The maximum atomic E-state index is 12.9. The Balaban J connectivity index is 1.64. The number of hydrogen-bond acceptors (Lipinski definition) is 4. The predicted octanol–water partition coefficient (Wildman–Crippen LogP) is 3.43. The quantitative estimate of drug-likeness (QED) is 0.770. The largest absolute Gasteiger partial charge is 0.491 e. The molecule has 1 N–H and O–H groups in total. The molecule has 0 radical (unpaired) electrons. The number of rotatable bonds is 7. The normalized spacial score (nSPS) is 19.2. The number of hydrogen-bond donors (Lipinski definition) is 1. The second kappa shape index (κ2) is 9.41. The smallest absolute Gasteiger partial charge is 0.225 e. The molecule has 2 aromatic rings. The lowest BCUT2D eigenvalue weighted by Gasteiger charge is -2.38. The first kappa shape index (κ1) is 20.6. The van der Waals surface area contributed by atoms with Crippen LogP contribution in [0.1, 0.15) is 17.5 Å². The van der Waals surface area contributed by atoms with E-state index in [-0.39, 0.29) is 12.3 Å².